The Morgan fingerprint density at radius 1 is 1.29 bits per heavy atom. The van der Waals surface area contributed by atoms with Gasteiger partial charge in [0.25, 0.3) is 0 Å². The van der Waals surface area contributed by atoms with Gasteiger partial charge in [0.2, 0.25) is 0 Å². The Balaban J connectivity index is 0.00000280. The zero-order chi connectivity index (χ0) is 19.2. The van der Waals surface area contributed by atoms with Gasteiger partial charge in [0.1, 0.15) is 5.82 Å². The Morgan fingerprint density at radius 2 is 2.07 bits per heavy atom. The Morgan fingerprint density at radius 3 is 2.75 bits per heavy atom. The number of pyridine rings is 1. The molecular weight excluding hydrogens is 465 g/mol. The van der Waals surface area contributed by atoms with E-state index in [9.17, 15) is 0 Å². The quantitative estimate of drug-likeness (QED) is 0.377. The van der Waals surface area contributed by atoms with E-state index in [1.165, 1.54) is 5.56 Å². The lowest BCUT2D eigenvalue weighted by Gasteiger charge is -2.24. The number of hydrogen-bond acceptors (Lipinski definition) is 4. The normalized spacial score (nSPS) is 16.7. The van der Waals surface area contributed by atoms with Gasteiger partial charge in [-0.1, -0.05) is 18.2 Å². The summed E-state index contributed by atoms with van der Waals surface area (Å²) in [7, 11) is 6.15. The van der Waals surface area contributed by atoms with Crippen LogP contribution in [0.5, 0.6) is 0 Å². The number of nitrogens with one attached hydrogen (secondary N) is 1. The third-order valence-electron chi connectivity index (χ3n) is 4.90. The molecule has 1 unspecified atom stereocenters. The van der Waals surface area contributed by atoms with Gasteiger partial charge >= 0.3 is 0 Å². The Kier molecular flexibility index (Phi) is 8.75. The lowest BCUT2D eigenvalue weighted by molar-refractivity contribution is 0.181. The average Bonchev–Trinajstić information content (AvgIpc) is 3.17. The topological polar surface area (TPSA) is 53.0 Å². The second-order valence-electron chi connectivity index (χ2n) is 7.33. The number of aromatic nitrogens is 1. The van der Waals surface area contributed by atoms with Crippen molar-refractivity contribution in [3.8, 4) is 0 Å². The molecule has 0 aliphatic carbocycles. The monoisotopic (exact) mass is 497 g/mol. The number of nitrogens with zero attached hydrogens (tertiary/aromatic N) is 4. The second kappa shape index (κ2) is 10.8. The van der Waals surface area contributed by atoms with Gasteiger partial charge in [-0.05, 0) is 31.0 Å². The standard InChI is InChI=1S/C21H31N5O.HI/c1-5-22-21(26(4)14-16-10-11-27-15-16)23-13-17-12-20(25(2)3)24-19-9-7-6-8-18(17)19;/h6-9,12,16H,5,10-11,13-15H2,1-4H3,(H,22,23);1H. The van der Waals surface area contributed by atoms with E-state index >= 15 is 0 Å². The summed E-state index contributed by atoms with van der Waals surface area (Å²) < 4.78 is 5.51. The number of halogens is 1. The van der Waals surface area contributed by atoms with Crippen molar-refractivity contribution in [2.24, 2.45) is 10.9 Å². The summed E-state index contributed by atoms with van der Waals surface area (Å²) in [4.78, 5) is 13.9. The number of fused-ring (bicyclic) bond motifs is 1. The number of guanidine groups is 1. The molecule has 28 heavy (non-hydrogen) atoms. The van der Waals surface area contributed by atoms with Crippen LogP contribution in [-0.4, -0.2) is 63.3 Å². The molecule has 7 heteroatoms. The summed E-state index contributed by atoms with van der Waals surface area (Å²) in [6.07, 6.45) is 1.13. The lowest BCUT2D eigenvalue weighted by atomic mass is 10.1. The van der Waals surface area contributed by atoms with Gasteiger partial charge in [-0.25, -0.2) is 9.98 Å². The summed E-state index contributed by atoms with van der Waals surface area (Å²) in [6.45, 7) is 6.27. The van der Waals surface area contributed by atoms with Gasteiger partial charge in [-0.3, -0.25) is 0 Å². The van der Waals surface area contributed by atoms with Crippen LogP contribution in [0.1, 0.15) is 18.9 Å². The predicted molar refractivity (Wildman–Crippen MR) is 128 cm³/mol. The van der Waals surface area contributed by atoms with Crippen LogP contribution in [0.3, 0.4) is 0 Å². The highest BCUT2D eigenvalue weighted by Crippen LogP contribution is 2.23. The predicted octanol–water partition coefficient (Wildman–Crippen LogP) is 3.35. The molecule has 6 nitrogen and oxygen atoms in total. The van der Waals surface area contributed by atoms with Crippen molar-refractivity contribution in [1.82, 2.24) is 15.2 Å². The first-order chi connectivity index (χ1) is 13.1. The van der Waals surface area contributed by atoms with E-state index in [2.05, 4.69) is 48.5 Å². The Bertz CT molecular complexity index is 789. The molecular formula is C21H32IN5O. The van der Waals surface area contributed by atoms with E-state index in [1.807, 2.05) is 25.1 Å². The molecule has 2 heterocycles. The Labute approximate surface area is 185 Å². The highest BCUT2D eigenvalue weighted by atomic mass is 127. The van der Waals surface area contributed by atoms with E-state index < -0.39 is 0 Å². The lowest BCUT2D eigenvalue weighted by Crippen LogP contribution is -2.41. The minimum absolute atomic E-state index is 0. The maximum absolute atomic E-state index is 5.51. The molecule has 0 amide bonds. The molecule has 1 N–H and O–H groups in total. The number of ether oxygens (including phenoxy) is 1. The van der Waals surface area contributed by atoms with Crippen LogP contribution in [-0.2, 0) is 11.3 Å². The fraction of sp³-hybridized carbons (Fsp3) is 0.524. The van der Waals surface area contributed by atoms with E-state index in [0.29, 0.717) is 12.5 Å². The fourth-order valence-electron chi connectivity index (χ4n) is 3.42. The molecule has 1 atom stereocenters. The van der Waals surface area contributed by atoms with E-state index in [4.69, 9.17) is 14.7 Å². The summed E-state index contributed by atoms with van der Waals surface area (Å²) in [6, 6.07) is 10.4. The van der Waals surface area contributed by atoms with Gasteiger partial charge in [-0.15, -0.1) is 24.0 Å². The van der Waals surface area contributed by atoms with Crippen LogP contribution in [0, 0.1) is 5.92 Å². The zero-order valence-electron chi connectivity index (χ0n) is 17.3. The second-order valence-corrected chi connectivity index (χ2v) is 7.33. The average molecular weight is 497 g/mol. The summed E-state index contributed by atoms with van der Waals surface area (Å²) in [5, 5.41) is 4.58. The molecule has 154 valence electrons. The van der Waals surface area contributed by atoms with E-state index in [-0.39, 0.29) is 24.0 Å². The van der Waals surface area contributed by atoms with Gasteiger partial charge < -0.3 is 19.9 Å². The largest absolute Gasteiger partial charge is 0.381 e. The van der Waals surface area contributed by atoms with Crippen molar-refractivity contribution in [1.29, 1.82) is 0 Å². The maximum Gasteiger partial charge on any atom is 0.193 e. The first kappa shape index (κ1) is 22.7. The minimum Gasteiger partial charge on any atom is -0.381 e. The van der Waals surface area contributed by atoms with Crippen molar-refractivity contribution < 1.29 is 4.74 Å². The van der Waals surface area contributed by atoms with Crippen molar-refractivity contribution in [2.45, 2.75) is 19.9 Å². The fourth-order valence-corrected chi connectivity index (χ4v) is 3.42. The van der Waals surface area contributed by atoms with Crippen LogP contribution in [0.25, 0.3) is 10.9 Å². The van der Waals surface area contributed by atoms with Crippen molar-refractivity contribution >= 4 is 46.7 Å². The van der Waals surface area contributed by atoms with Crippen LogP contribution in [0.4, 0.5) is 5.82 Å². The molecule has 0 spiro atoms. The number of hydrogen-bond donors (Lipinski definition) is 1. The number of benzene rings is 1. The molecule has 1 aliphatic rings. The summed E-state index contributed by atoms with van der Waals surface area (Å²) >= 11 is 0. The van der Waals surface area contributed by atoms with Gasteiger partial charge in [-0.2, -0.15) is 0 Å². The van der Waals surface area contributed by atoms with Crippen molar-refractivity contribution in [2.75, 3.05) is 52.3 Å². The van der Waals surface area contributed by atoms with Crippen molar-refractivity contribution in [3.05, 3.63) is 35.9 Å². The zero-order valence-corrected chi connectivity index (χ0v) is 19.6. The minimum atomic E-state index is 0. The number of para-hydroxylation sites is 1. The highest BCUT2D eigenvalue weighted by Gasteiger charge is 2.19. The van der Waals surface area contributed by atoms with Crippen LogP contribution >= 0.6 is 24.0 Å². The van der Waals surface area contributed by atoms with Crippen LogP contribution in [0.2, 0.25) is 0 Å². The molecule has 2 aromatic rings. The van der Waals surface area contributed by atoms with Gasteiger partial charge in [0, 0.05) is 52.1 Å². The number of anilines is 1. The first-order valence-corrected chi connectivity index (χ1v) is 9.71. The van der Waals surface area contributed by atoms with Gasteiger partial charge in [0.15, 0.2) is 5.96 Å². The maximum atomic E-state index is 5.51. The van der Waals surface area contributed by atoms with E-state index in [0.717, 1.165) is 55.4 Å². The molecule has 0 saturated carbocycles. The molecule has 1 aliphatic heterocycles. The molecule has 1 fully saturated rings. The molecule has 1 aromatic heterocycles. The van der Waals surface area contributed by atoms with Crippen molar-refractivity contribution in [3.63, 3.8) is 0 Å². The third kappa shape index (κ3) is 5.70. The molecule has 3 rings (SSSR count). The van der Waals surface area contributed by atoms with Crippen LogP contribution in [0.15, 0.2) is 35.3 Å². The Hall–Kier alpha value is -1.61. The van der Waals surface area contributed by atoms with Crippen LogP contribution < -0.4 is 10.2 Å². The molecule has 0 bridgehead atoms. The smallest absolute Gasteiger partial charge is 0.193 e. The highest BCUT2D eigenvalue weighted by molar-refractivity contribution is 14.0. The van der Waals surface area contributed by atoms with E-state index in [1.54, 1.807) is 0 Å². The first-order valence-electron chi connectivity index (χ1n) is 9.71. The summed E-state index contributed by atoms with van der Waals surface area (Å²) in [5.74, 6) is 2.48. The molecule has 1 aromatic carbocycles. The summed E-state index contributed by atoms with van der Waals surface area (Å²) in [5.41, 5.74) is 2.20. The van der Waals surface area contributed by atoms with Gasteiger partial charge in [0.05, 0.1) is 18.7 Å². The number of aliphatic imine (C=N–C) groups is 1. The third-order valence-corrected chi connectivity index (χ3v) is 4.90. The molecule has 0 radical (unpaired) electrons. The number of rotatable bonds is 6. The molecule has 1 saturated heterocycles. The SMILES string of the molecule is CCNC(=NCc1cc(N(C)C)nc2ccccc12)N(C)CC1CCOC1.I.